The number of anilines is 1. The van der Waals surface area contributed by atoms with E-state index in [1.807, 2.05) is 13.0 Å². The number of thiazole rings is 1. The van der Waals surface area contributed by atoms with E-state index in [9.17, 15) is 25.0 Å². The highest BCUT2D eigenvalue weighted by Crippen LogP contribution is 2.33. The highest BCUT2D eigenvalue weighted by Gasteiger charge is 2.26. The Morgan fingerprint density at radius 2 is 1.83 bits per heavy atom. The fourth-order valence-corrected chi connectivity index (χ4v) is 4.93. The third kappa shape index (κ3) is 5.93. The number of aromatic nitrogens is 1. The molecule has 0 saturated carbocycles. The molecule has 0 N–H and O–H groups in total. The fourth-order valence-electron chi connectivity index (χ4n) is 3.91. The van der Waals surface area contributed by atoms with Gasteiger partial charge in [0, 0.05) is 38.3 Å². The van der Waals surface area contributed by atoms with Crippen LogP contribution in [0.5, 0.6) is 5.75 Å². The second kappa shape index (κ2) is 11.4. The molecule has 0 unspecified atom stereocenters. The summed E-state index contributed by atoms with van der Waals surface area (Å²) < 4.78 is 11.7. The van der Waals surface area contributed by atoms with Crippen molar-refractivity contribution in [3.05, 3.63) is 62.2 Å². The number of nitrogens with zero attached hydrogens (tertiary/aromatic N) is 5. The number of nitro benzene ring substituents is 2. The maximum Gasteiger partial charge on any atom is 0.277 e. The van der Waals surface area contributed by atoms with E-state index >= 15 is 0 Å². The maximum atomic E-state index is 13.6. The minimum absolute atomic E-state index is 0.142. The Bertz CT molecular complexity index is 1240. The zero-order valence-corrected chi connectivity index (χ0v) is 20.4. The average molecular weight is 516 g/mol. The van der Waals surface area contributed by atoms with Crippen LogP contribution in [0.3, 0.4) is 0 Å². The number of carbonyl (C=O) groups is 1. The number of carbonyl (C=O) groups excluding carboxylic acids is 1. The Morgan fingerprint density at radius 1 is 1.14 bits per heavy atom. The minimum Gasteiger partial charge on any atom is -0.494 e. The van der Waals surface area contributed by atoms with Crippen LogP contribution in [0.4, 0.5) is 16.5 Å². The van der Waals surface area contributed by atoms with Crippen molar-refractivity contribution in [2.75, 3.05) is 50.9 Å². The molecule has 3 aromatic rings. The number of morpholine rings is 1. The predicted molar refractivity (Wildman–Crippen MR) is 134 cm³/mol. The first-order chi connectivity index (χ1) is 17.4. The lowest BCUT2D eigenvalue weighted by Gasteiger charge is -2.27. The van der Waals surface area contributed by atoms with Gasteiger partial charge in [-0.3, -0.25) is 34.8 Å². The van der Waals surface area contributed by atoms with Crippen LogP contribution < -0.4 is 9.64 Å². The third-order valence-electron chi connectivity index (χ3n) is 5.67. The molecular weight excluding hydrogens is 490 g/mol. The van der Waals surface area contributed by atoms with Crippen LogP contribution in [0.25, 0.3) is 10.2 Å². The molecule has 0 atom stereocenters. The summed E-state index contributed by atoms with van der Waals surface area (Å²) in [6.07, 6.45) is 0.614. The predicted octanol–water partition coefficient (Wildman–Crippen LogP) is 3.88. The number of hydrogen-bond acceptors (Lipinski definition) is 10. The Labute approximate surface area is 210 Å². The van der Waals surface area contributed by atoms with E-state index in [1.54, 1.807) is 12.1 Å². The van der Waals surface area contributed by atoms with Crippen LogP contribution in [0.2, 0.25) is 0 Å². The third-order valence-corrected chi connectivity index (χ3v) is 6.71. The number of amides is 1. The number of fused-ring (bicyclic) bond motifs is 1. The van der Waals surface area contributed by atoms with Crippen molar-refractivity contribution in [3.63, 3.8) is 0 Å². The van der Waals surface area contributed by atoms with E-state index in [1.165, 1.54) is 16.2 Å². The number of benzene rings is 2. The van der Waals surface area contributed by atoms with Gasteiger partial charge in [-0.2, -0.15) is 0 Å². The zero-order chi connectivity index (χ0) is 25.7. The summed E-state index contributed by atoms with van der Waals surface area (Å²) in [6, 6.07) is 8.40. The molecule has 190 valence electrons. The molecule has 1 aliphatic rings. The van der Waals surface area contributed by atoms with E-state index in [0.717, 1.165) is 42.5 Å². The molecule has 0 spiro atoms. The van der Waals surface area contributed by atoms with Crippen molar-refractivity contribution >= 4 is 44.0 Å². The van der Waals surface area contributed by atoms with Crippen LogP contribution in [0.15, 0.2) is 36.4 Å². The van der Waals surface area contributed by atoms with Gasteiger partial charge in [0.2, 0.25) is 0 Å². The molecule has 1 aromatic heterocycles. The molecule has 0 bridgehead atoms. The molecule has 1 amide bonds. The van der Waals surface area contributed by atoms with Crippen molar-refractivity contribution in [3.8, 4) is 5.75 Å². The first-order valence-corrected chi connectivity index (χ1v) is 12.3. The van der Waals surface area contributed by atoms with Gasteiger partial charge in [0.05, 0.1) is 51.5 Å². The Kier molecular flexibility index (Phi) is 8.03. The van der Waals surface area contributed by atoms with E-state index < -0.39 is 27.1 Å². The van der Waals surface area contributed by atoms with Gasteiger partial charge in [0.15, 0.2) is 5.13 Å². The normalized spacial score (nSPS) is 14.0. The highest BCUT2D eigenvalue weighted by molar-refractivity contribution is 7.22. The zero-order valence-electron chi connectivity index (χ0n) is 19.6. The van der Waals surface area contributed by atoms with Crippen LogP contribution in [0.1, 0.15) is 23.7 Å². The second-order valence-electron chi connectivity index (χ2n) is 8.08. The largest absolute Gasteiger partial charge is 0.494 e. The smallest absolute Gasteiger partial charge is 0.277 e. The van der Waals surface area contributed by atoms with Gasteiger partial charge in [0.25, 0.3) is 17.3 Å². The van der Waals surface area contributed by atoms with Crippen molar-refractivity contribution in [2.24, 2.45) is 0 Å². The van der Waals surface area contributed by atoms with Gasteiger partial charge >= 0.3 is 0 Å². The van der Waals surface area contributed by atoms with Crippen molar-refractivity contribution < 1.29 is 24.1 Å². The molecule has 2 aromatic carbocycles. The van der Waals surface area contributed by atoms with Gasteiger partial charge in [-0.25, -0.2) is 4.98 Å². The topological polar surface area (TPSA) is 141 Å². The molecule has 2 heterocycles. The van der Waals surface area contributed by atoms with Gasteiger partial charge in [-0.05, 0) is 31.5 Å². The first-order valence-electron chi connectivity index (χ1n) is 11.4. The maximum absolute atomic E-state index is 13.6. The van der Waals surface area contributed by atoms with Crippen LogP contribution in [-0.2, 0) is 4.74 Å². The fraction of sp³-hybridized carbons (Fsp3) is 0.391. The first kappa shape index (κ1) is 25.4. The SMILES string of the molecule is CCOc1ccc2nc(N(CCCN3CCOCC3)C(=O)c3cc([N+](=O)[O-])cc([N+](=O)[O-])c3)sc2c1. The molecule has 12 nitrogen and oxygen atoms in total. The summed E-state index contributed by atoms with van der Waals surface area (Å²) in [5, 5.41) is 23.1. The lowest BCUT2D eigenvalue weighted by Crippen LogP contribution is -2.39. The highest BCUT2D eigenvalue weighted by atomic mass is 32.1. The lowest BCUT2D eigenvalue weighted by atomic mass is 10.1. The number of non-ortho nitro benzene ring substituents is 2. The summed E-state index contributed by atoms with van der Waals surface area (Å²) in [5.74, 6) is 0.0903. The van der Waals surface area contributed by atoms with Gasteiger partial charge in [-0.1, -0.05) is 11.3 Å². The molecule has 1 aliphatic heterocycles. The number of nitro groups is 2. The molecule has 36 heavy (non-hydrogen) atoms. The molecule has 0 radical (unpaired) electrons. The van der Waals surface area contributed by atoms with Crippen LogP contribution >= 0.6 is 11.3 Å². The average Bonchev–Trinajstić information content (AvgIpc) is 3.29. The monoisotopic (exact) mass is 515 g/mol. The summed E-state index contributed by atoms with van der Waals surface area (Å²) in [6.45, 7) is 6.30. The molecule has 4 rings (SSSR count). The molecular formula is C23H25N5O7S. The number of hydrogen-bond donors (Lipinski definition) is 0. The number of ether oxygens (including phenoxy) is 2. The second-order valence-corrected chi connectivity index (χ2v) is 9.08. The lowest BCUT2D eigenvalue weighted by molar-refractivity contribution is -0.394. The minimum atomic E-state index is -0.751. The molecule has 13 heteroatoms. The summed E-state index contributed by atoms with van der Waals surface area (Å²) in [4.78, 5) is 43.1. The van der Waals surface area contributed by atoms with Crippen LogP contribution in [-0.4, -0.2) is 71.6 Å². The van der Waals surface area contributed by atoms with E-state index in [4.69, 9.17) is 9.47 Å². The van der Waals surface area contributed by atoms with E-state index in [0.29, 0.717) is 42.6 Å². The van der Waals surface area contributed by atoms with Crippen molar-refractivity contribution in [2.45, 2.75) is 13.3 Å². The van der Waals surface area contributed by atoms with Crippen molar-refractivity contribution in [1.82, 2.24) is 9.88 Å². The molecule has 1 fully saturated rings. The Hall–Kier alpha value is -3.68. The van der Waals surface area contributed by atoms with E-state index in [2.05, 4.69) is 9.88 Å². The summed E-state index contributed by atoms with van der Waals surface area (Å²) >= 11 is 1.29. The number of rotatable bonds is 10. The van der Waals surface area contributed by atoms with Gasteiger partial charge in [0.1, 0.15) is 5.75 Å². The van der Waals surface area contributed by atoms with Crippen LogP contribution in [0, 0.1) is 20.2 Å². The van der Waals surface area contributed by atoms with Gasteiger partial charge < -0.3 is 9.47 Å². The molecule has 1 saturated heterocycles. The molecule has 0 aliphatic carbocycles. The Balaban J connectivity index is 1.67. The van der Waals surface area contributed by atoms with E-state index in [-0.39, 0.29) is 12.1 Å². The summed E-state index contributed by atoms with van der Waals surface area (Å²) in [5.41, 5.74) is -0.510. The van der Waals surface area contributed by atoms with Gasteiger partial charge in [-0.15, -0.1) is 0 Å². The quantitative estimate of drug-likeness (QED) is 0.290. The standard InChI is InChI=1S/C23H25N5O7S/c1-2-35-19-4-5-20-21(15-19)36-23(24-20)26(7-3-6-25-8-10-34-11-9-25)22(29)16-12-17(27(30)31)14-18(13-16)28(32)33/h4-5,12-15H,2-3,6-11H2,1H3. The Morgan fingerprint density at radius 3 is 2.47 bits per heavy atom. The summed E-state index contributed by atoms with van der Waals surface area (Å²) in [7, 11) is 0. The van der Waals surface area contributed by atoms with Crippen molar-refractivity contribution in [1.29, 1.82) is 0 Å².